The number of ether oxygens (including phenoxy) is 1. The highest BCUT2D eigenvalue weighted by Gasteiger charge is 2.21. The zero-order valence-corrected chi connectivity index (χ0v) is 13.4. The Morgan fingerprint density at radius 3 is 2.64 bits per heavy atom. The van der Waals surface area contributed by atoms with Crippen molar-refractivity contribution in [2.24, 2.45) is 7.05 Å². The summed E-state index contributed by atoms with van der Waals surface area (Å²) in [5.41, 5.74) is 1.62. The van der Waals surface area contributed by atoms with Gasteiger partial charge in [-0.15, -0.1) is 0 Å². The minimum absolute atomic E-state index is 0.0266. The first-order valence-electron chi connectivity index (χ1n) is 7.35. The molecule has 5 heteroatoms. The van der Waals surface area contributed by atoms with Gasteiger partial charge in [0, 0.05) is 13.2 Å². The lowest BCUT2D eigenvalue weighted by molar-refractivity contribution is -0.122. The van der Waals surface area contributed by atoms with Crippen molar-refractivity contribution in [2.45, 2.75) is 32.4 Å². The Bertz CT molecular complexity index is 605. The third-order valence-electron chi connectivity index (χ3n) is 3.18. The molecule has 5 nitrogen and oxygen atoms in total. The highest BCUT2D eigenvalue weighted by molar-refractivity contribution is 5.79. The van der Waals surface area contributed by atoms with Crippen LogP contribution in [0.5, 0.6) is 0 Å². The fourth-order valence-electron chi connectivity index (χ4n) is 2.20. The van der Waals surface area contributed by atoms with E-state index in [1.54, 1.807) is 10.9 Å². The monoisotopic (exact) mass is 301 g/mol. The molecular weight excluding hydrogens is 278 g/mol. The fourth-order valence-corrected chi connectivity index (χ4v) is 2.20. The van der Waals surface area contributed by atoms with E-state index in [-0.39, 0.29) is 5.91 Å². The van der Waals surface area contributed by atoms with Crippen molar-refractivity contribution in [3.05, 3.63) is 53.9 Å². The first-order chi connectivity index (χ1) is 10.4. The molecule has 1 aromatic carbocycles. The van der Waals surface area contributed by atoms with E-state index >= 15 is 0 Å². The molecule has 0 spiro atoms. The number of aromatic nitrogens is 2. The van der Waals surface area contributed by atoms with E-state index in [4.69, 9.17) is 4.74 Å². The molecule has 1 aromatic heterocycles. The number of nitrogens with zero attached hydrogens (tertiary/aromatic N) is 2. The Kier molecular flexibility index (Phi) is 5.33. The van der Waals surface area contributed by atoms with E-state index in [0.717, 1.165) is 11.1 Å². The summed E-state index contributed by atoms with van der Waals surface area (Å²) in [7, 11) is 1.84. The maximum atomic E-state index is 12.1. The number of carbonyl (C=O) groups is 1. The molecule has 0 saturated heterocycles. The van der Waals surface area contributed by atoms with Crippen molar-refractivity contribution in [3.8, 4) is 0 Å². The molecule has 1 amide bonds. The second-order valence-electron chi connectivity index (χ2n) is 6.11. The van der Waals surface area contributed by atoms with Crippen LogP contribution in [0, 0.1) is 0 Å². The van der Waals surface area contributed by atoms with E-state index in [0.29, 0.717) is 19.6 Å². The zero-order chi connectivity index (χ0) is 16.0. The molecule has 0 aliphatic carbocycles. The number of amides is 1. The molecule has 0 saturated carbocycles. The predicted molar refractivity (Wildman–Crippen MR) is 85.2 cm³/mol. The fraction of sp³-hybridized carbons (Fsp3) is 0.412. The lowest BCUT2D eigenvalue weighted by Gasteiger charge is -2.26. The van der Waals surface area contributed by atoms with E-state index < -0.39 is 5.54 Å². The van der Waals surface area contributed by atoms with Crippen molar-refractivity contribution in [1.29, 1.82) is 0 Å². The number of hydrogen-bond donors (Lipinski definition) is 1. The van der Waals surface area contributed by atoms with Crippen LogP contribution in [0.1, 0.15) is 25.0 Å². The standard InChI is InChI=1S/C17H23N3O2/c1-17(2,13-22-12-14-7-5-4-6-8-14)19-16(21)9-15-10-18-20(3)11-15/h4-8,10-11H,9,12-13H2,1-3H3,(H,19,21). The van der Waals surface area contributed by atoms with Crippen molar-refractivity contribution < 1.29 is 9.53 Å². The Balaban J connectivity index is 1.76. The van der Waals surface area contributed by atoms with Gasteiger partial charge in [-0.2, -0.15) is 5.10 Å². The topological polar surface area (TPSA) is 56.2 Å². The number of rotatable bonds is 7. The van der Waals surface area contributed by atoms with E-state index in [1.807, 2.05) is 57.4 Å². The summed E-state index contributed by atoms with van der Waals surface area (Å²) in [6.45, 7) is 4.92. The van der Waals surface area contributed by atoms with Crippen LogP contribution in [0.3, 0.4) is 0 Å². The van der Waals surface area contributed by atoms with Crippen LogP contribution in [0.25, 0.3) is 0 Å². The van der Waals surface area contributed by atoms with Crippen LogP contribution in [0.15, 0.2) is 42.7 Å². The van der Waals surface area contributed by atoms with Gasteiger partial charge in [-0.25, -0.2) is 0 Å². The van der Waals surface area contributed by atoms with Gasteiger partial charge in [0.1, 0.15) is 0 Å². The average Bonchev–Trinajstić information content (AvgIpc) is 2.84. The molecule has 22 heavy (non-hydrogen) atoms. The van der Waals surface area contributed by atoms with Crippen molar-refractivity contribution in [1.82, 2.24) is 15.1 Å². The average molecular weight is 301 g/mol. The van der Waals surface area contributed by atoms with Gasteiger partial charge in [-0.05, 0) is 25.0 Å². The third-order valence-corrected chi connectivity index (χ3v) is 3.18. The number of benzene rings is 1. The number of hydrogen-bond acceptors (Lipinski definition) is 3. The van der Waals surface area contributed by atoms with E-state index in [1.165, 1.54) is 0 Å². The molecule has 1 heterocycles. The molecular formula is C17H23N3O2. The highest BCUT2D eigenvalue weighted by atomic mass is 16.5. The summed E-state index contributed by atoms with van der Waals surface area (Å²) in [6, 6.07) is 9.99. The van der Waals surface area contributed by atoms with Gasteiger partial charge in [0.2, 0.25) is 5.91 Å². The maximum Gasteiger partial charge on any atom is 0.225 e. The molecule has 0 fully saturated rings. The summed E-state index contributed by atoms with van der Waals surface area (Å²) in [4.78, 5) is 12.1. The van der Waals surface area contributed by atoms with E-state index in [2.05, 4.69) is 10.4 Å². The molecule has 0 aliphatic heterocycles. The first kappa shape index (κ1) is 16.2. The van der Waals surface area contributed by atoms with Gasteiger partial charge in [-0.1, -0.05) is 30.3 Å². The molecule has 0 bridgehead atoms. The smallest absolute Gasteiger partial charge is 0.225 e. The summed E-state index contributed by atoms with van der Waals surface area (Å²) in [5.74, 6) is -0.0266. The molecule has 0 radical (unpaired) electrons. The van der Waals surface area contributed by atoms with E-state index in [9.17, 15) is 4.79 Å². The summed E-state index contributed by atoms with van der Waals surface area (Å²) < 4.78 is 7.40. The van der Waals surface area contributed by atoms with Crippen LogP contribution >= 0.6 is 0 Å². The molecule has 2 rings (SSSR count). The van der Waals surface area contributed by atoms with Crippen LogP contribution < -0.4 is 5.32 Å². The van der Waals surface area contributed by atoms with Gasteiger partial charge in [0.05, 0.1) is 31.4 Å². The second kappa shape index (κ2) is 7.22. The number of nitrogens with one attached hydrogen (secondary N) is 1. The first-order valence-corrected chi connectivity index (χ1v) is 7.35. The van der Waals surface area contributed by atoms with Gasteiger partial charge < -0.3 is 10.1 Å². The van der Waals surface area contributed by atoms with Gasteiger partial charge >= 0.3 is 0 Å². The quantitative estimate of drug-likeness (QED) is 0.852. The Morgan fingerprint density at radius 1 is 1.27 bits per heavy atom. The largest absolute Gasteiger partial charge is 0.374 e. The Labute approximate surface area is 131 Å². The van der Waals surface area contributed by atoms with Crippen LogP contribution in [-0.4, -0.2) is 27.8 Å². The van der Waals surface area contributed by atoms with Gasteiger partial charge in [0.15, 0.2) is 0 Å². The van der Waals surface area contributed by atoms with Crippen LogP contribution in [0.2, 0.25) is 0 Å². The third kappa shape index (κ3) is 5.33. The second-order valence-corrected chi connectivity index (χ2v) is 6.11. The summed E-state index contributed by atoms with van der Waals surface area (Å²) >= 11 is 0. The SMILES string of the molecule is Cn1cc(CC(=O)NC(C)(C)COCc2ccccc2)cn1. The Morgan fingerprint density at radius 2 is 2.00 bits per heavy atom. The Hall–Kier alpha value is -2.14. The number of carbonyl (C=O) groups excluding carboxylic acids is 1. The van der Waals surface area contributed by atoms with Crippen molar-refractivity contribution >= 4 is 5.91 Å². The lowest BCUT2D eigenvalue weighted by Crippen LogP contribution is -2.47. The maximum absolute atomic E-state index is 12.1. The summed E-state index contributed by atoms with van der Waals surface area (Å²) in [6.07, 6.45) is 3.88. The molecule has 2 aromatic rings. The number of aryl methyl sites for hydroxylation is 1. The minimum atomic E-state index is -0.409. The molecule has 0 unspecified atom stereocenters. The zero-order valence-electron chi connectivity index (χ0n) is 13.4. The van der Waals surface area contributed by atoms with Gasteiger partial charge in [0.25, 0.3) is 0 Å². The van der Waals surface area contributed by atoms with Crippen molar-refractivity contribution in [3.63, 3.8) is 0 Å². The lowest BCUT2D eigenvalue weighted by atomic mass is 10.1. The van der Waals surface area contributed by atoms with Crippen LogP contribution in [-0.2, 0) is 29.6 Å². The van der Waals surface area contributed by atoms with Crippen LogP contribution in [0.4, 0.5) is 0 Å². The molecule has 1 N–H and O–H groups in total. The minimum Gasteiger partial charge on any atom is -0.374 e. The molecule has 118 valence electrons. The molecule has 0 aliphatic rings. The normalized spacial score (nSPS) is 11.4. The van der Waals surface area contributed by atoms with Gasteiger partial charge in [-0.3, -0.25) is 9.48 Å². The molecule has 0 atom stereocenters. The predicted octanol–water partition coefficient (Wildman–Crippen LogP) is 2.07. The van der Waals surface area contributed by atoms with Crippen molar-refractivity contribution in [2.75, 3.05) is 6.61 Å². The summed E-state index contributed by atoms with van der Waals surface area (Å²) in [5, 5.41) is 7.06. The highest BCUT2D eigenvalue weighted by Crippen LogP contribution is 2.08.